The van der Waals surface area contributed by atoms with E-state index in [2.05, 4.69) is 50.7 Å². The summed E-state index contributed by atoms with van der Waals surface area (Å²) in [5, 5.41) is 0. The van der Waals surface area contributed by atoms with E-state index >= 15 is 0 Å². The number of rotatable bonds is 6. The fourth-order valence-electron chi connectivity index (χ4n) is 0.912. The Hall–Kier alpha value is -0.340. The molecule has 0 saturated carbocycles. The molecule has 0 heterocycles. The van der Waals surface area contributed by atoms with Gasteiger partial charge in [0.1, 0.15) is 0 Å². The van der Waals surface area contributed by atoms with Crippen molar-refractivity contribution in [1.82, 2.24) is 10.9 Å². The molecule has 0 aliphatic carbocycles. The lowest BCUT2D eigenvalue weighted by molar-refractivity contribution is 0.400. The van der Waals surface area contributed by atoms with Crippen molar-refractivity contribution in [3.05, 3.63) is 12.2 Å². The van der Waals surface area contributed by atoms with Crippen molar-refractivity contribution in [3.8, 4) is 0 Å². The molecule has 0 spiro atoms. The number of allylic oxidation sites excluding steroid dienone is 1. The zero-order valence-corrected chi connectivity index (χ0v) is 8.72. The highest BCUT2D eigenvalue weighted by atomic mass is 15.4. The molecule has 2 N–H and O–H groups in total. The zero-order valence-electron chi connectivity index (χ0n) is 8.72. The van der Waals surface area contributed by atoms with E-state index in [4.69, 9.17) is 0 Å². The van der Waals surface area contributed by atoms with E-state index in [0.29, 0.717) is 12.0 Å². The van der Waals surface area contributed by atoms with Crippen LogP contribution < -0.4 is 10.9 Å². The predicted molar refractivity (Wildman–Crippen MR) is 54.9 cm³/mol. The van der Waals surface area contributed by atoms with Gasteiger partial charge in [-0.2, -0.15) is 0 Å². The molecule has 72 valence electrons. The van der Waals surface area contributed by atoms with E-state index in [0.717, 1.165) is 13.0 Å². The van der Waals surface area contributed by atoms with Crippen LogP contribution in [0.25, 0.3) is 0 Å². The van der Waals surface area contributed by atoms with Gasteiger partial charge in [0.15, 0.2) is 0 Å². The molecule has 2 atom stereocenters. The van der Waals surface area contributed by atoms with Crippen molar-refractivity contribution in [3.63, 3.8) is 0 Å². The molecule has 0 aliphatic rings. The van der Waals surface area contributed by atoms with Crippen LogP contribution in [0.4, 0.5) is 0 Å². The normalized spacial score (nSPS) is 16.7. The highest BCUT2D eigenvalue weighted by Gasteiger charge is 2.06. The Morgan fingerprint density at radius 1 is 1.25 bits per heavy atom. The van der Waals surface area contributed by atoms with Crippen LogP contribution in [0.3, 0.4) is 0 Å². The van der Waals surface area contributed by atoms with E-state index in [1.54, 1.807) is 0 Å². The Bertz CT molecular complexity index is 121. The van der Waals surface area contributed by atoms with Crippen molar-refractivity contribution in [2.75, 3.05) is 6.54 Å². The molecule has 0 radical (unpaired) electrons. The summed E-state index contributed by atoms with van der Waals surface area (Å²) in [7, 11) is 0. The molecule has 0 aromatic carbocycles. The van der Waals surface area contributed by atoms with Gasteiger partial charge in [-0.25, -0.2) is 0 Å². The smallest absolute Gasteiger partial charge is 0.0244 e. The van der Waals surface area contributed by atoms with Gasteiger partial charge in [-0.3, -0.25) is 10.9 Å². The van der Waals surface area contributed by atoms with Gasteiger partial charge in [0, 0.05) is 12.6 Å². The molecule has 0 aromatic rings. The topological polar surface area (TPSA) is 24.1 Å². The van der Waals surface area contributed by atoms with Crippen molar-refractivity contribution in [1.29, 1.82) is 0 Å². The number of hydrogen-bond acceptors (Lipinski definition) is 2. The van der Waals surface area contributed by atoms with Gasteiger partial charge in [-0.05, 0) is 19.3 Å². The van der Waals surface area contributed by atoms with Crippen LogP contribution in [0, 0.1) is 5.92 Å². The monoisotopic (exact) mass is 170 g/mol. The van der Waals surface area contributed by atoms with E-state index in [-0.39, 0.29) is 0 Å². The Labute approximate surface area is 76.4 Å². The molecule has 0 fully saturated rings. The van der Waals surface area contributed by atoms with E-state index in [1.165, 1.54) is 0 Å². The molecular weight excluding hydrogens is 148 g/mol. The van der Waals surface area contributed by atoms with Crippen molar-refractivity contribution < 1.29 is 0 Å². The molecule has 2 unspecified atom stereocenters. The van der Waals surface area contributed by atoms with Crippen LogP contribution in [0.2, 0.25) is 0 Å². The Morgan fingerprint density at radius 3 is 2.42 bits per heavy atom. The van der Waals surface area contributed by atoms with Gasteiger partial charge in [-0.1, -0.05) is 32.9 Å². The lowest BCUT2D eigenvalue weighted by Gasteiger charge is -2.18. The molecule has 0 saturated heterocycles. The number of hydrogen-bond donors (Lipinski definition) is 2. The van der Waals surface area contributed by atoms with Gasteiger partial charge in [0.05, 0.1) is 0 Å². The summed E-state index contributed by atoms with van der Waals surface area (Å²) in [6.45, 7) is 9.63. The largest absolute Gasteiger partial charge is 0.258 e. The molecule has 0 rings (SSSR count). The minimum absolute atomic E-state index is 0.493. The summed E-state index contributed by atoms with van der Waals surface area (Å²) in [4.78, 5) is 0. The fraction of sp³-hybridized carbons (Fsp3) is 0.800. The highest BCUT2D eigenvalue weighted by molar-refractivity contribution is 4.89. The Balaban J connectivity index is 3.60. The summed E-state index contributed by atoms with van der Waals surface area (Å²) in [5.74, 6) is 0.587. The zero-order chi connectivity index (χ0) is 9.40. The average molecular weight is 170 g/mol. The third kappa shape index (κ3) is 5.33. The second kappa shape index (κ2) is 7.32. The van der Waals surface area contributed by atoms with Gasteiger partial charge in [-0.15, -0.1) is 0 Å². The van der Waals surface area contributed by atoms with Crippen molar-refractivity contribution >= 4 is 0 Å². The highest BCUT2D eigenvalue weighted by Crippen LogP contribution is 2.03. The first-order valence-electron chi connectivity index (χ1n) is 4.87. The molecule has 0 aromatic heterocycles. The fourth-order valence-corrected chi connectivity index (χ4v) is 0.912. The quantitative estimate of drug-likeness (QED) is 0.471. The second-order valence-electron chi connectivity index (χ2n) is 3.16. The summed E-state index contributed by atoms with van der Waals surface area (Å²) in [6.07, 6.45) is 5.60. The van der Waals surface area contributed by atoms with Crippen molar-refractivity contribution in [2.24, 2.45) is 5.92 Å². The van der Waals surface area contributed by atoms with Crippen molar-refractivity contribution in [2.45, 2.75) is 40.2 Å². The maximum Gasteiger partial charge on any atom is 0.0244 e. The third-order valence-corrected chi connectivity index (χ3v) is 1.97. The first kappa shape index (κ1) is 11.7. The molecule has 0 aliphatic heterocycles. The first-order chi connectivity index (χ1) is 5.72. The average Bonchev–Trinajstić information content (AvgIpc) is 2.10. The van der Waals surface area contributed by atoms with Crippen LogP contribution in [0.15, 0.2) is 12.2 Å². The minimum atomic E-state index is 0.493. The Morgan fingerprint density at radius 2 is 1.92 bits per heavy atom. The molecule has 2 nitrogen and oxygen atoms in total. The molecule has 12 heavy (non-hydrogen) atoms. The number of nitrogens with one attached hydrogen (secondary N) is 2. The molecule has 0 bridgehead atoms. The summed E-state index contributed by atoms with van der Waals surface area (Å²) in [6, 6.07) is 0.493. The van der Waals surface area contributed by atoms with Crippen LogP contribution in [0.1, 0.15) is 34.1 Å². The lowest BCUT2D eigenvalue weighted by atomic mass is 10.0. The van der Waals surface area contributed by atoms with Crippen LogP contribution in [-0.2, 0) is 0 Å². The van der Waals surface area contributed by atoms with Crippen LogP contribution >= 0.6 is 0 Å². The summed E-state index contributed by atoms with van der Waals surface area (Å²) < 4.78 is 0. The summed E-state index contributed by atoms with van der Waals surface area (Å²) in [5.41, 5.74) is 6.36. The van der Waals surface area contributed by atoms with E-state index in [9.17, 15) is 0 Å². The van der Waals surface area contributed by atoms with Gasteiger partial charge >= 0.3 is 0 Å². The van der Waals surface area contributed by atoms with E-state index in [1.807, 2.05) is 0 Å². The SMILES string of the molecule is CC/C=C/C(C)C(C)NNCC. The van der Waals surface area contributed by atoms with Crippen LogP contribution in [-0.4, -0.2) is 12.6 Å². The maximum absolute atomic E-state index is 3.24. The third-order valence-electron chi connectivity index (χ3n) is 1.97. The molecular formula is C10H22N2. The molecule has 2 heteroatoms. The number of hydrazine groups is 1. The summed E-state index contributed by atoms with van der Waals surface area (Å²) >= 11 is 0. The maximum atomic E-state index is 3.24. The first-order valence-corrected chi connectivity index (χ1v) is 4.87. The van der Waals surface area contributed by atoms with E-state index < -0.39 is 0 Å². The van der Waals surface area contributed by atoms with Crippen LogP contribution in [0.5, 0.6) is 0 Å². The lowest BCUT2D eigenvalue weighted by Crippen LogP contribution is -2.41. The Kier molecular flexibility index (Phi) is 7.11. The molecule has 0 amide bonds. The predicted octanol–water partition coefficient (Wildman–Crippen LogP) is 2.09. The minimum Gasteiger partial charge on any atom is -0.258 e. The van der Waals surface area contributed by atoms with Gasteiger partial charge < -0.3 is 0 Å². The second-order valence-corrected chi connectivity index (χ2v) is 3.16. The van der Waals surface area contributed by atoms with Gasteiger partial charge in [0.2, 0.25) is 0 Å². The van der Waals surface area contributed by atoms with Gasteiger partial charge in [0.25, 0.3) is 0 Å². The standard InChI is InChI=1S/C10H22N2/c1-5-7-8-9(3)10(4)12-11-6-2/h7-12H,5-6H2,1-4H3/b8-7+.